The van der Waals surface area contributed by atoms with Crippen molar-refractivity contribution in [3.63, 3.8) is 0 Å². The molecule has 0 amide bonds. The van der Waals surface area contributed by atoms with Gasteiger partial charge in [0, 0.05) is 24.5 Å². The second kappa shape index (κ2) is 3.59. The van der Waals surface area contributed by atoms with Crippen LogP contribution in [-0.2, 0) is 7.05 Å². The number of rotatable bonds is 1. The van der Waals surface area contributed by atoms with E-state index in [1.165, 1.54) is 11.6 Å². The minimum Gasteiger partial charge on any atom is -0.385 e. The third-order valence-electron chi connectivity index (χ3n) is 2.47. The Morgan fingerprint density at radius 2 is 2.31 bits per heavy atom. The first-order valence-corrected chi connectivity index (χ1v) is 4.68. The summed E-state index contributed by atoms with van der Waals surface area (Å²) in [4.78, 5) is 14.7. The van der Waals surface area contributed by atoms with Gasteiger partial charge in [-0.15, -0.1) is 0 Å². The van der Waals surface area contributed by atoms with Gasteiger partial charge in [0.05, 0.1) is 0 Å². The predicted octanol–water partition coefficient (Wildman–Crippen LogP) is 0.834. The highest BCUT2D eigenvalue weighted by atomic mass is 16.1. The molecule has 0 radical (unpaired) electrons. The van der Waals surface area contributed by atoms with Crippen molar-refractivity contribution in [2.75, 3.05) is 5.73 Å². The fraction of sp³-hybridized carbons (Fsp3) is 0.0909. The number of anilines is 1. The lowest BCUT2D eigenvalue weighted by molar-refractivity contribution is 0.871. The largest absolute Gasteiger partial charge is 0.385 e. The summed E-state index contributed by atoms with van der Waals surface area (Å²) >= 11 is 0. The molecular weight excluding hydrogens is 204 g/mol. The van der Waals surface area contributed by atoms with E-state index in [1.54, 1.807) is 24.4 Å². The molecule has 3 N–H and O–H groups in total. The van der Waals surface area contributed by atoms with Crippen LogP contribution in [0.5, 0.6) is 0 Å². The van der Waals surface area contributed by atoms with Gasteiger partial charge >= 0.3 is 0 Å². The summed E-state index contributed by atoms with van der Waals surface area (Å²) in [5.74, 6) is 0.327. The normalized spacial score (nSPS) is 10.0. The van der Waals surface area contributed by atoms with Crippen LogP contribution in [0.2, 0.25) is 0 Å². The van der Waals surface area contributed by atoms with Crippen LogP contribution >= 0.6 is 0 Å². The second-order valence-electron chi connectivity index (χ2n) is 3.42. The molecule has 80 valence electrons. The minimum atomic E-state index is -0.382. The zero-order valence-corrected chi connectivity index (χ0v) is 8.69. The maximum absolute atomic E-state index is 11.8. The summed E-state index contributed by atoms with van der Waals surface area (Å²) in [5, 5.41) is 9.00. The van der Waals surface area contributed by atoms with E-state index in [2.05, 4.69) is 4.98 Å². The Kier molecular flexibility index (Phi) is 2.25. The Morgan fingerprint density at radius 3 is 2.88 bits per heavy atom. The molecule has 2 aromatic rings. The lowest BCUT2D eigenvalue weighted by atomic mass is 10.1. The van der Waals surface area contributed by atoms with E-state index in [-0.39, 0.29) is 11.1 Å². The smallest absolute Gasteiger partial charge is 0.270 e. The Morgan fingerprint density at radius 1 is 1.56 bits per heavy atom. The van der Waals surface area contributed by atoms with Crippen LogP contribution in [0.3, 0.4) is 0 Å². The van der Waals surface area contributed by atoms with Crippen LogP contribution in [0.25, 0.3) is 11.3 Å². The maximum atomic E-state index is 11.8. The van der Waals surface area contributed by atoms with Crippen LogP contribution in [0.15, 0.2) is 29.2 Å². The molecule has 5 heteroatoms. The number of H-pyrrole nitrogens is 1. The van der Waals surface area contributed by atoms with E-state index in [0.717, 1.165) is 0 Å². The number of aromatic amines is 1. The van der Waals surface area contributed by atoms with Gasteiger partial charge in [-0.25, -0.2) is 0 Å². The van der Waals surface area contributed by atoms with Gasteiger partial charge < -0.3 is 10.7 Å². The van der Waals surface area contributed by atoms with Crippen molar-refractivity contribution in [2.45, 2.75) is 0 Å². The number of hydrogen-bond acceptors (Lipinski definition) is 3. The monoisotopic (exact) mass is 214 g/mol. The molecule has 0 saturated carbocycles. The number of nitrogens with two attached hydrogens (primary N) is 1. The Balaban J connectivity index is 2.82. The van der Waals surface area contributed by atoms with Crippen LogP contribution in [0, 0.1) is 11.3 Å². The first kappa shape index (κ1) is 10.1. The van der Waals surface area contributed by atoms with Gasteiger partial charge in [-0.2, -0.15) is 5.26 Å². The number of nitrogens with one attached hydrogen (secondary N) is 1. The molecule has 2 aromatic heterocycles. The average Bonchev–Trinajstić information content (AvgIpc) is 2.79. The number of hydrogen-bond donors (Lipinski definition) is 2. The number of nitrogen functional groups attached to an aromatic ring is 1. The fourth-order valence-electron chi connectivity index (χ4n) is 1.54. The van der Waals surface area contributed by atoms with Gasteiger partial charge in [-0.05, 0) is 18.2 Å². The first-order valence-electron chi connectivity index (χ1n) is 4.68. The molecule has 16 heavy (non-hydrogen) atoms. The third kappa shape index (κ3) is 1.37. The average molecular weight is 214 g/mol. The van der Waals surface area contributed by atoms with Crippen molar-refractivity contribution in [2.24, 2.45) is 7.05 Å². The number of nitriles is 1. The molecule has 0 unspecified atom stereocenters. The summed E-state index contributed by atoms with van der Waals surface area (Å²) in [7, 11) is 1.54. The van der Waals surface area contributed by atoms with Crippen molar-refractivity contribution in [1.82, 2.24) is 9.55 Å². The lowest BCUT2D eigenvalue weighted by Crippen LogP contribution is -2.23. The van der Waals surface area contributed by atoms with Gasteiger partial charge in [0.1, 0.15) is 17.5 Å². The SMILES string of the molecule is Cn1c(N)cc(-c2ccc[nH]2)c(C#N)c1=O. The van der Waals surface area contributed by atoms with Crippen molar-refractivity contribution in [3.05, 3.63) is 40.3 Å². The van der Waals surface area contributed by atoms with Gasteiger partial charge in [0.25, 0.3) is 5.56 Å². The minimum absolute atomic E-state index is 0.0964. The molecule has 0 aliphatic heterocycles. The zero-order valence-electron chi connectivity index (χ0n) is 8.69. The van der Waals surface area contributed by atoms with E-state index in [9.17, 15) is 4.79 Å². The van der Waals surface area contributed by atoms with E-state index >= 15 is 0 Å². The van der Waals surface area contributed by atoms with Gasteiger partial charge in [0.15, 0.2) is 0 Å². The second-order valence-corrected chi connectivity index (χ2v) is 3.42. The van der Waals surface area contributed by atoms with Gasteiger partial charge in [-0.1, -0.05) is 0 Å². The van der Waals surface area contributed by atoms with E-state index < -0.39 is 0 Å². The lowest BCUT2D eigenvalue weighted by Gasteiger charge is -2.07. The molecule has 0 aliphatic rings. The topological polar surface area (TPSA) is 87.6 Å². The van der Waals surface area contributed by atoms with Crippen molar-refractivity contribution in [3.8, 4) is 17.3 Å². The van der Waals surface area contributed by atoms with Gasteiger partial charge in [0.2, 0.25) is 0 Å². The molecule has 0 saturated heterocycles. The van der Waals surface area contributed by atoms with Crippen LogP contribution in [0.4, 0.5) is 5.82 Å². The highest BCUT2D eigenvalue weighted by Gasteiger charge is 2.12. The number of pyridine rings is 1. The van der Waals surface area contributed by atoms with E-state index in [0.29, 0.717) is 17.1 Å². The highest BCUT2D eigenvalue weighted by Crippen LogP contribution is 2.21. The molecule has 0 aliphatic carbocycles. The maximum Gasteiger partial charge on any atom is 0.270 e. The van der Waals surface area contributed by atoms with Crippen molar-refractivity contribution < 1.29 is 0 Å². The summed E-state index contributed by atoms with van der Waals surface area (Å²) in [6, 6.07) is 7.11. The Labute approximate surface area is 91.8 Å². The molecule has 0 aromatic carbocycles. The fourth-order valence-corrected chi connectivity index (χ4v) is 1.54. The summed E-state index contributed by atoms with van der Waals surface area (Å²) in [6.07, 6.45) is 1.73. The molecular formula is C11H10N4O. The van der Waals surface area contributed by atoms with Crippen molar-refractivity contribution in [1.29, 1.82) is 5.26 Å². The Hall–Kier alpha value is -2.48. The first-order chi connectivity index (χ1) is 7.65. The molecule has 5 nitrogen and oxygen atoms in total. The number of nitrogens with zero attached hydrogens (tertiary/aromatic N) is 2. The number of aromatic nitrogens is 2. The molecule has 0 atom stereocenters. The highest BCUT2D eigenvalue weighted by molar-refractivity contribution is 5.69. The standard InChI is InChI=1S/C11H10N4O/c1-15-10(13)5-7(8(6-12)11(15)16)9-3-2-4-14-9/h2-5,14H,13H2,1H3. The summed E-state index contributed by atoms with van der Waals surface area (Å²) < 4.78 is 1.25. The third-order valence-corrected chi connectivity index (χ3v) is 2.47. The van der Waals surface area contributed by atoms with Gasteiger partial charge in [-0.3, -0.25) is 9.36 Å². The summed E-state index contributed by atoms with van der Waals surface area (Å²) in [6.45, 7) is 0. The van der Waals surface area contributed by atoms with E-state index in [1.807, 2.05) is 6.07 Å². The van der Waals surface area contributed by atoms with Crippen LogP contribution < -0.4 is 11.3 Å². The Bertz CT molecular complexity index is 617. The van der Waals surface area contributed by atoms with Crippen LogP contribution in [0.1, 0.15) is 5.56 Å². The molecule has 2 heterocycles. The molecule has 0 spiro atoms. The van der Waals surface area contributed by atoms with Crippen LogP contribution in [-0.4, -0.2) is 9.55 Å². The molecule has 0 fully saturated rings. The zero-order chi connectivity index (χ0) is 11.7. The predicted molar refractivity (Wildman–Crippen MR) is 60.6 cm³/mol. The van der Waals surface area contributed by atoms with E-state index in [4.69, 9.17) is 11.0 Å². The van der Waals surface area contributed by atoms with Crippen molar-refractivity contribution >= 4 is 5.82 Å². The molecule has 2 rings (SSSR count). The molecule has 0 bridgehead atoms. The summed E-state index contributed by atoms with van der Waals surface area (Å²) in [5.41, 5.74) is 6.65. The quantitative estimate of drug-likeness (QED) is 0.737.